The molecule has 35 heavy (non-hydrogen) atoms. The lowest BCUT2D eigenvalue weighted by atomic mass is 10.1. The van der Waals surface area contributed by atoms with Crippen molar-refractivity contribution in [3.05, 3.63) is 101 Å². The number of hydrogen-bond donors (Lipinski definition) is 1. The molecular formula is C29H29ClN4O. The molecule has 1 heterocycles. The molecule has 0 aliphatic heterocycles. The fourth-order valence-corrected chi connectivity index (χ4v) is 4.47. The second-order valence-electron chi connectivity index (χ2n) is 9.20. The molecule has 1 amide bonds. The maximum absolute atomic E-state index is 12.9. The Bertz CT molecular complexity index is 1310. The monoisotopic (exact) mass is 484 g/mol. The third-order valence-corrected chi connectivity index (χ3v) is 6.64. The van der Waals surface area contributed by atoms with Crippen LogP contribution in [-0.4, -0.2) is 22.4 Å². The summed E-state index contributed by atoms with van der Waals surface area (Å²) >= 11 is 6.30. The van der Waals surface area contributed by atoms with E-state index in [1.54, 1.807) is 0 Å². The van der Waals surface area contributed by atoms with Gasteiger partial charge in [-0.2, -0.15) is 0 Å². The number of halogens is 1. The third kappa shape index (κ3) is 5.80. The molecular weight excluding hydrogens is 456 g/mol. The standard InChI is InChI=1S/C29H29ClN4O/c1-20(22-10-6-3-7-11-22)31-27(35)16-17-34(19-21-8-4-2-5-9-21)29-25-15-14-24(30)18-26(25)32-28(33-29)23-12-13-23/h2-11,14-15,18,20,23H,12-13,16-17,19H2,1H3,(H,31,35)/t20-/m0/s1. The number of rotatable bonds is 9. The Balaban J connectivity index is 1.42. The molecule has 1 N–H and O–H groups in total. The summed E-state index contributed by atoms with van der Waals surface area (Å²) in [6.07, 6.45) is 2.59. The van der Waals surface area contributed by atoms with E-state index in [1.165, 1.54) is 5.56 Å². The average molecular weight is 485 g/mol. The van der Waals surface area contributed by atoms with Gasteiger partial charge in [0.1, 0.15) is 11.6 Å². The lowest BCUT2D eigenvalue weighted by Gasteiger charge is -2.26. The molecule has 1 atom stereocenters. The van der Waals surface area contributed by atoms with Gasteiger partial charge < -0.3 is 10.2 Å². The first-order valence-corrected chi connectivity index (χ1v) is 12.5. The number of nitrogens with zero attached hydrogens (tertiary/aromatic N) is 3. The molecule has 1 aliphatic rings. The van der Waals surface area contributed by atoms with Gasteiger partial charge in [0.15, 0.2) is 0 Å². The van der Waals surface area contributed by atoms with Gasteiger partial charge in [0.05, 0.1) is 11.6 Å². The van der Waals surface area contributed by atoms with Crippen molar-refractivity contribution in [1.29, 1.82) is 0 Å². The molecule has 0 spiro atoms. The van der Waals surface area contributed by atoms with Crippen LogP contribution in [0.15, 0.2) is 78.9 Å². The highest BCUT2D eigenvalue weighted by Crippen LogP contribution is 2.40. The van der Waals surface area contributed by atoms with Gasteiger partial charge >= 0.3 is 0 Å². The van der Waals surface area contributed by atoms with Crippen LogP contribution in [0.1, 0.15) is 55.1 Å². The maximum Gasteiger partial charge on any atom is 0.222 e. The Hall–Kier alpha value is -3.44. The third-order valence-electron chi connectivity index (χ3n) is 6.40. The summed E-state index contributed by atoms with van der Waals surface area (Å²) in [5.74, 6) is 2.16. The summed E-state index contributed by atoms with van der Waals surface area (Å²) in [6, 6.07) is 26.0. The molecule has 5 rings (SSSR count). The lowest BCUT2D eigenvalue weighted by molar-refractivity contribution is -0.121. The van der Waals surface area contributed by atoms with Crippen molar-refractivity contribution in [2.45, 2.75) is 44.7 Å². The topological polar surface area (TPSA) is 58.1 Å². The minimum absolute atomic E-state index is 0.0169. The molecule has 0 unspecified atom stereocenters. The number of benzene rings is 3. The summed E-state index contributed by atoms with van der Waals surface area (Å²) in [5, 5.41) is 4.75. The fraction of sp³-hybridized carbons (Fsp3) is 0.276. The molecule has 1 aromatic heterocycles. The van der Waals surface area contributed by atoms with Gasteiger partial charge in [0.2, 0.25) is 5.91 Å². The Kier molecular flexibility index (Phi) is 6.96. The summed E-state index contributed by atoms with van der Waals surface area (Å²) in [5.41, 5.74) is 3.11. The van der Waals surface area contributed by atoms with E-state index in [-0.39, 0.29) is 11.9 Å². The molecule has 1 aliphatic carbocycles. The first-order chi connectivity index (χ1) is 17.1. The molecule has 5 nitrogen and oxygen atoms in total. The highest BCUT2D eigenvalue weighted by molar-refractivity contribution is 6.31. The van der Waals surface area contributed by atoms with Crippen LogP contribution in [0.3, 0.4) is 0 Å². The number of nitrogens with one attached hydrogen (secondary N) is 1. The quantitative estimate of drug-likeness (QED) is 0.297. The van der Waals surface area contributed by atoms with Crippen LogP contribution in [0.25, 0.3) is 10.9 Å². The summed E-state index contributed by atoms with van der Waals surface area (Å²) in [6.45, 7) is 3.21. The zero-order valence-corrected chi connectivity index (χ0v) is 20.6. The second-order valence-corrected chi connectivity index (χ2v) is 9.63. The molecule has 1 saturated carbocycles. The predicted molar refractivity (Wildman–Crippen MR) is 142 cm³/mol. The van der Waals surface area contributed by atoms with Crippen LogP contribution >= 0.6 is 11.6 Å². The molecule has 0 bridgehead atoms. The Morgan fingerprint density at radius 1 is 1.03 bits per heavy atom. The molecule has 6 heteroatoms. The van der Waals surface area contributed by atoms with Crippen LogP contribution in [-0.2, 0) is 11.3 Å². The van der Waals surface area contributed by atoms with Crippen LogP contribution in [0.4, 0.5) is 5.82 Å². The molecule has 4 aromatic rings. The van der Waals surface area contributed by atoms with Crippen molar-refractivity contribution in [2.24, 2.45) is 0 Å². The SMILES string of the molecule is C[C@H](NC(=O)CCN(Cc1ccccc1)c1nc(C2CC2)nc2cc(Cl)ccc12)c1ccccc1. The summed E-state index contributed by atoms with van der Waals surface area (Å²) in [4.78, 5) is 25.0. The zero-order chi connectivity index (χ0) is 24.2. The largest absolute Gasteiger partial charge is 0.351 e. The van der Waals surface area contributed by atoms with Crippen molar-refractivity contribution in [2.75, 3.05) is 11.4 Å². The van der Waals surface area contributed by atoms with Crippen LogP contribution in [0.2, 0.25) is 5.02 Å². The molecule has 0 saturated heterocycles. The highest BCUT2D eigenvalue weighted by atomic mass is 35.5. The maximum atomic E-state index is 12.9. The van der Waals surface area contributed by atoms with E-state index < -0.39 is 0 Å². The number of aromatic nitrogens is 2. The van der Waals surface area contributed by atoms with E-state index in [4.69, 9.17) is 21.6 Å². The fourth-order valence-electron chi connectivity index (χ4n) is 4.31. The Morgan fingerprint density at radius 3 is 2.46 bits per heavy atom. The van der Waals surface area contributed by atoms with Gasteiger partial charge in [0, 0.05) is 35.8 Å². The number of amides is 1. The minimum atomic E-state index is -0.0465. The first kappa shape index (κ1) is 23.3. The van der Waals surface area contributed by atoms with E-state index >= 15 is 0 Å². The average Bonchev–Trinajstić information content (AvgIpc) is 3.72. The van der Waals surface area contributed by atoms with Crippen molar-refractivity contribution < 1.29 is 4.79 Å². The highest BCUT2D eigenvalue weighted by Gasteiger charge is 2.28. The summed E-state index contributed by atoms with van der Waals surface area (Å²) in [7, 11) is 0. The van der Waals surface area contributed by atoms with Crippen LogP contribution in [0.5, 0.6) is 0 Å². The van der Waals surface area contributed by atoms with E-state index in [1.807, 2.05) is 73.7 Å². The summed E-state index contributed by atoms with van der Waals surface area (Å²) < 4.78 is 0. The van der Waals surface area contributed by atoms with E-state index in [0.29, 0.717) is 30.5 Å². The Morgan fingerprint density at radius 2 is 1.74 bits per heavy atom. The van der Waals surface area contributed by atoms with Gasteiger partial charge in [-0.05, 0) is 49.1 Å². The lowest BCUT2D eigenvalue weighted by Crippen LogP contribution is -2.32. The Labute approximate surface area is 211 Å². The molecule has 3 aromatic carbocycles. The minimum Gasteiger partial charge on any atom is -0.351 e. The van der Waals surface area contributed by atoms with Crippen molar-refractivity contribution >= 4 is 34.2 Å². The van der Waals surface area contributed by atoms with Gasteiger partial charge in [-0.3, -0.25) is 4.79 Å². The van der Waals surface area contributed by atoms with Crippen molar-refractivity contribution in [1.82, 2.24) is 15.3 Å². The molecule has 0 radical (unpaired) electrons. The number of carbonyl (C=O) groups is 1. The van der Waals surface area contributed by atoms with Gasteiger partial charge in [-0.15, -0.1) is 0 Å². The van der Waals surface area contributed by atoms with E-state index in [9.17, 15) is 4.79 Å². The van der Waals surface area contributed by atoms with E-state index in [0.717, 1.165) is 41.0 Å². The van der Waals surface area contributed by atoms with E-state index in [2.05, 4.69) is 22.3 Å². The van der Waals surface area contributed by atoms with Gasteiger partial charge in [-0.25, -0.2) is 9.97 Å². The number of anilines is 1. The van der Waals surface area contributed by atoms with Crippen LogP contribution in [0, 0.1) is 0 Å². The van der Waals surface area contributed by atoms with Gasteiger partial charge in [0.25, 0.3) is 0 Å². The number of carbonyl (C=O) groups excluding carboxylic acids is 1. The van der Waals surface area contributed by atoms with Crippen LogP contribution < -0.4 is 10.2 Å². The van der Waals surface area contributed by atoms with Crippen molar-refractivity contribution in [3.63, 3.8) is 0 Å². The smallest absolute Gasteiger partial charge is 0.222 e. The number of hydrogen-bond acceptors (Lipinski definition) is 4. The predicted octanol–water partition coefficient (Wildman–Crippen LogP) is 6.43. The van der Waals surface area contributed by atoms with Crippen molar-refractivity contribution in [3.8, 4) is 0 Å². The first-order valence-electron chi connectivity index (χ1n) is 12.2. The molecule has 1 fully saturated rings. The normalized spacial score (nSPS) is 14.0. The molecule has 178 valence electrons. The number of fused-ring (bicyclic) bond motifs is 1. The zero-order valence-electron chi connectivity index (χ0n) is 19.8. The second kappa shape index (κ2) is 10.4. The van der Waals surface area contributed by atoms with Gasteiger partial charge in [-0.1, -0.05) is 72.3 Å².